The van der Waals surface area contributed by atoms with Gasteiger partial charge in [-0.2, -0.15) is 4.31 Å². The SMILES string of the molecule is Cc1nc(Cl)sc1S(=O)(=O)N(C)CC1CC1. The average molecular weight is 281 g/mol. The summed E-state index contributed by atoms with van der Waals surface area (Å²) in [7, 11) is -1.79. The van der Waals surface area contributed by atoms with Gasteiger partial charge >= 0.3 is 0 Å². The molecule has 7 heteroatoms. The maximum absolute atomic E-state index is 12.2. The topological polar surface area (TPSA) is 50.3 Å². The molecule has 0 atom stereocenters. The summed E-state index contributed by atoms with van der Waals surface area (Å²) in [5, 5.41) is 0. The van der Waals surface area contributed by atoms with E-state index in [1.807, 2.05) is 0 Å². The number of nitrogens with zero attached hydrogens (tertiary/aromatic N) is 2. The third-order valence-corrected chi connectivity index (χ3v) is 6.26. The highest BCUT2D eigenvalue weighted by Gasteiger charge is 2.31. The van der Waals surface area contributed by atoms with E-state index in [1.165, 1.54) is 4.31 Å². The van der Waals surface area contributed by atoms with Gasteiger partial charge in [-0.05, 0) is 25.7 Å². The molecule has 0 N–H and O–H groups in total. The van der Waals surface area contributed by atoms with E-state index in [0.717, 1.165) is 24.2 Å². The van der Waals surface area contributed by atoms with Gasteiger partial charge < -0.3 is 0 Å². The maximum atomic E-state index is 12.2. The third kappa shape index (κ3) is 2.40. The number of aromatic nitrogens is 1. The number of halogens is 1. The molecular formula is C9H13ClN2O2S2. The van der Waals surface area contributed by atoms with Crippen molar-refractivity contribution >= 4 is 33.0 Å². The molecule has 1 aliphatic carbocycles. The number of aryl methyl sites for hydroxylation is 1. The second-order valence-electron chi connectivity index (χ2n) is 4.07. The van der Waals surface area contributed by atoms with Crippen LogP contribution in [0.5, 0.6) is 0 Å². The first-order chi connectivity index (χ1) is 7.41. The fourth-order valence-corrected chi connectivity index (χ4v) is 4.67. The summed E-state index contributed by atoms with van der Waals surface area (Å²) in [6.07, 6.45) is 2.25. The number of hydrogen-bond donors (Lipinski definition) is 0. The van der Waals surface area contributed by atoms with Crippen LogP contribution in [0, 0.1) is 12.8 Å². The van der Waals surface area contributed by atoms with Crippen molar-refractivity contribution in [2.45, 2.75) is 24.0 Å². The van der Waals surface area contributed by atoms with Gasteiger partial charge in [0.25, 0.3) is 10.0 Å². The molecule has 90 valence electrons. The van der Waals surface area contributed by atoms with Gasteiger partial charge in [0.05, 0.1) is 5.69 Å². The minimum Gasteiger partial charge on any atom is -0.229 e. The van der Waals surface area contributed by atoms with Crippen molar-refractivity contribution in [3.05, 3.63) is 10.2 Å². The second kappa shape index (κ2) is 4.25. The Morgan fingerprint density at radius 2 is 2.19 bits per heavy atom. The van der Waals surface area contributed by atoms with Gasteiger partial charge in [0.15, 0.2) is 8.68 Å². The lowest BCUT2D eigenvalue weighted by atomic mass is 10.4. The summed E-state index contributed by atoms with van der Waals surface area (Å²) >= 11 is 6.74. The predicted octanol–water partition coefficient (Wildman–Crippen LogP) is 2.14. The van der Waals surface area contributed by atoms with E-state index < -0.39 is 10.0 Å². The van der Waals surface area contributed by atoms with E-state index in [-0.39, 0.29) is 8.68 Å². The van der Waals surface area contributed by atoms with Crippen LogP contribution in [0.25, 0.3) is 0 Å². The van der Waals surface area contributed by atoms with Crippen molar-refractivity contribution < 1.29 is 8.42 Å². The lowest BCUT2D eigenvalue weighted by Gasteiger charge is -2.15. The highest BCUT2D eigenvalue weighted by molar-refractivity contribution is 7.91. The summed E-state index contributed by atoms with van der Waals surface area (Å²) in [6, 6.07) is 0. The van der Waals surface area contributed by atoms with Gasteiger partial charge in [-0.3, -0.25) is 0 Å². The molecule has 0 bridgehead atoms. The fourth-order valence-electron chi connectivity index (χ4n) is 1.49. The molecule has 1 aliphatic rings. The molecule has 2 rings (SSSR count). The average Bonchev–Trinajstić information content (AvgIpc) is 2.91. The van der Waals surface area contributed by atoms with Crippen molar-refractivity contribution in [2.75, 3.05) is 13.6 Å². The zero-order valence-electron chi connectivity index (χ0n) is 9.10. The molecule has 0 aliphatic heterocycles. The van der Waals surface area contributed by atoms with Gasteiger partial charge in [-0.15, -0.1) is 0 Å². The molecule has 1 aromatic heterocycles. The van der Waals surface area contributed by atoms with E-state index in [9.17, 15) is 8.42 Å². The van der Waals surface area contributed by atoms with Gasteiger partial charge in [0, 0.05) is 13.6 Å². The predicted molar refractivity (Wildman–Crippen MR) is 64.4 cm³/mol. The summed E-state index contributed by atoms with van der Waals surface area (Å²) in [5.74, 6) is 0.531. The van der Waals surface area contributed by atoms with E-state index in [2.05, 4.69) is 4.98 Å². The molecule has 4 nitrogen and oxygen atoms in total. The monoisotopic (exact) mass is 280 g/mol. The summed E-state index contributed by atoms with van der Waals surface area (Å²) in [5.41, 5.74) is 0.484. The molecule has 1 aromatic rings. The quantitative estimate of drug-likeness (QED) is 0.849. The number of hydrogen-bond acceptors (Lipinski definition) is 4. The van der Waals surface area contributed by atoms with Gasteiger partial charge in [0.2, 0.25) is 0 Å². The summed E-state index contributed by atoms with van der Waals surface area (Å²) < 4.78 is 26.3. The molecule has 0 spiro atoms. The molecule has 0 radical (unpaired) electrons. The molecule has 16 heavy (non-hydrogen) atoms. The standard InChI is InChI=1S/C9H13ClN2O2S2/c1-6-8(15-9(10)11-6)16(13,14)12(2)5-7-3-4-7/h7H,3-5H2,1-2H3. The van der Waals surface area contributed by atoms with E-state index in [4.69, 9.17) is 11.6 Å². The van der Waals surface area contributed by atoms with Crippen LogP contribution in [-0.4, -0.2) is 31.3 Å². The van der Waals surface area contributed by atoms with Crippen molar-refractivity contribution in [3.8, 4) is 0 Å². The van der Waals surface area contributed by atoms with E-state index >= 15 is 0 Å². The van der Waals surface area contributed by atoms with Gasteiger partial charge in [0.1, 0.15) is 0 Å². The van der Waals surface area contributed by atoms with Crippen molar-refractivity contribution in [2.24, 2.45) is 5.92 Å². The summed E-state index contributed by atoms with van der Waals surface area (Å²) in [6.45, 7) is 2.26. The molecule has 1 saturated carbocycles. The minimum atomic E-state index is -3.40. The summed E-state index contributed by atoms with van der Waals surface area (Å²) in [4.78, 5) is 3.93. The molecule has 1 fully saturated rings. The largest absolute Gasteiger partial charge is 0.254 e. The van der Waals surface area contributed by atoms with Crippen LogP contribution in [0.1, 0.15) is 18.5 Å². The molecule has 0 unspecified atom stereocenters. The van der Waals surface area contributed by atoms with Gasteiger partial charge in [-0.25, -0.2) is 13.4 Å². The fraction of sp³-hybridized carbons (Fsp3) is 0.667. The zero-order valence-corrected chi connectivity index (χ0v) is 11.5. The van der Waals surface area contributed by atoms with E-state index in [0.29, 0.717) is 18.2 Å². The number of rotatable bonds is 4. The zero-order chi connectivity index (χ0) is 11.9. The first kappa shape index (κ1) is 12.3. The molecule has 0 saturated heterocycles. The van der Waals surface area contributed by atoms with Gasteiger partial charge in [-0.1, -0.05) is 22.9 Å². The Morgan fingerprint density at radius 1 is 1.56 bits per heavy atom. The Bertz CT molecular complexity index is 494. The molecule has 1 heterocycles. The third-order valence-electron chi connectivity index (χ3n) is 2.58. The second-order valence-corrected chi connectivity index (χ2v) is 7.89. The van der Waals surface area contributed by atoms with E-state index in [1.54, 1.807) is 14.0 Å². The van der Waals surface area contributed by atoms with Crippen molar-refractivity contribution in [1.82, 2.24) is 9.29 Å². The maximum Gasteiger partial charge on any atom is 0.254 e. The Hall–Kier alpha value is -0.170. The molecule has 0 amide bonds. The molecule has 0 aromatic carbocycles. The first-order valence-corrected chi connectivity index (χ1v) is 7.64. The lowest BCUT2D eigenvalue weighted by molar-refractivity contribution is 0.454. The lowest BCUT2D eigenvalue weighted by Crippen LogP contribution is -2.28. The normalized spacial score (nSPS) is 17.0. The Kier molecular flexibility index (Phi) is 3.27. The van der Waals surface area contributed by atoms with Crippen molar-refractivity contribution in [3.63, 3.8) is 0 Å². The minimum absolute atomic E-state index is 0.264. The Balaban J connectivity index is 2.26. The van der Waals surface area contributed by atoms with Crippen LogP contribution in [0.3, 0.4) is 0 Å². The number of thiazole rings is 1. The van der Waals surface area contributed by atoms with Crippen LogP contribution >= 0.6 is 22.9 Å². The number of sulfonamides is 1. The highest BCUT2D eigenvalue weighted by Crippen LogP contribution is 2.33. The van der Waals surface area contributed by atoms with Crippen LogP contribution in [0.2, 0.25) is 4.47 Å². The van der Waals surface area contributed by atoms with Crippen LogP contribution < -0.4 is 0 Å². The smallest absolute Gasteiger partial charge is 0.229 e. The highest BCUT2D eigenvalue weighted by atomic mass is 35.5. The van der Waals surface area contributed by atoms with Crippen molar-refractivity contribution in [1.29, 1.82) is 0 Å². The Morgan fingerprint density at radius 3 is 2.62 bits per heavy atom. The van der Waals surface area contributed by atoms with Crippen LogP contribution in [0.4, 0.5) is 0 Å². The van der Waals surface area contributed by atoms with Crippen LogP contribution in [0.15, 0.2) is 4.21 Å². The first-order valence-electron chi connectivity index (χ1n) is 5.00. The Labute approximate surface area is 104 Å². The van der Waals surface area contributed by atoms with Crippen LogP contribution in [-0.2, 0) is 10.0 Å². The molecular weight excluding hydrogens is 268 g/mol.